The molecule has 3 fully saturated rings. The van der Waals surface area contributed by atoms with Crippen molar-refractivity contribution in [2.75, 3.05) is 18.0 Å². The number of carbonyl (C=O) groups excluding carboxylic acids is 1. The van der Waals surface area contributed by atoms with Crippen LogP contribution in [0, 0.1) is 23.6 Å². The minimum atomic E-state index is -0.258. The molecular weight excluding hydrogens is 319 g/mol. The Morgan fingerprint density at radius 1 is 1.16 bits per heavy atom. The fourth-order valence-electron chi connectivity index (χ4n) is 4.02. The third-order valence-electron chi connectivity index (χ3n) is 5.57. The number of anilines is 1. The molecule has 3 atom stereocenters. The van der Waals surface area contributed by atoms with Gasteiger partial charge in [-0.25, -0.2) is 14.4 Å². The molecule has 0 bridgehead atoms. The van der Waals surface area contributed by atoms with Gasteiger partial charge in [-0.3, -0.25) is 4.79 Å². The predicted molar refractivity (Wildman–Crippen MR) is 91.3 cm³/mol. The molecule has 5 nitrogen and oxygen atoms in total. The summed E-state index contributed by atoms with van der Waals surface area (Å²) in [5, 5.41) is 3.12. The summed E-state index contributed by atoms with van der Waals surface area (Å²) in [4.78, 5) is 23.1. The lowest BCUT2D eigenvalue weighted by atomic mass is 10.1. The van der Waals surface area contributed by atoms with Gasteiger partial charge < -0.3 is 10.2 Å². The summed E-state index contributed by atoms with van der Waals surface area (Å²) in [5.41, 5.74) is 2.65. The van der Waals surface area contributed by atoms with E-state index in [2.05, 4.69) is 20.2 Å². The standard InChI is InChI=1S/C19H19FN4O/c20-12-3-1-11(2-4-12)18-16(7-21-10-22-18)24-8-14-15(9-24)17(14)19(25)23-13-5-6-13/h1-4,7,10,13-15,17H,5-6,8-9H2,(H,23,25)/t14-,15+,17+. The number of amides is 1. The minimum absolute atomic E-state index is 0.177. The third-order valence-corrected chi connectivity index (χ3v) is 5.57. The van der Waals surface area contributed by atoms with E-state index in [9.17, 15) is 9.18 Å². The fourth-order valence-corrected chi connectivity index (χ4v) is 4.02. The quantitative estimate of drug-likeness (QED) is 0.929. The molecular formula is C19H19FN4O. The fraction of sp³-hybridized carbons (Fsp3) is 0.421. The number of aromatic nitrogens is 2. The Kier molecular flexibility index (Phi) is 3.26. The van der Waals surface area contributed by atoms with Crippen LogP contribution in [0.5, 0.6) is 0 Å². The second-order valence-corrected chi connectivity index (χ2v) is 7.30. The van der Waals surface area contributed by atoms with Crippen LogP contribution < -0.4 is 10.2 Å². The van der Waals surface area contributed by atoms with Crippen LogP contribution in [0.1, 0.15) is 12.8 Å². The summed E-state index contributed by atoms with van der Waals surface area (Å²) in [6.07, 6.45) is 5.59. The first kappa shape index (κ1) is 14.8. The van der Waals surface area contributed by atoms with Gasteiger partial charge in [0.1, 0.15) is 12.1 Å². The predicted octanol–water partition coefficient (Wildman–Crippen LogP) is 2.24. The highest BCUT2D eigenvalue weighted by Gasteiger charge is 2.60. The topological polar surface area (TPSA) is 58.1 Å². The second kappa shape index (κ2) is 5.51. The monoisotopic (exact) mass is 338 g/mol. The van der Waals surface area contributed by atoms with Gasteiger partial charge in [0.25, 0.3) is 0 Å². The summed E-state index contributed by atoms with van der Waals surface area (Å²) in [5.74, 6) is 1.02. The molecule has 1 saturated heterocycles. The molecule has 25 heavy (non-hydrogen) atoms. The van der Waals surface area contributed by atoms with Crippen LogP contribution >= 0.6 is 0 Å². The summed E-state index contributed by atoms with van der Waals surface area (Å²) in [6, 6.07) is 6.80. The normalized spacial score (nSPS) is 27.1. The van der Waals surface area contributed by atoms with Crippen molar-refractivity contribution in [3.05, 3.63) is 42.6 Å². The van der Waals surface area contributed by atoms with E-state index in [-0.39, 0.29) is 17.6 Å². The van der Waals surface area contributed by atoms with Crippen LogP contribution in [-0.2, 0) is 4.79 Å². The number of benzene rings is 1. The third kappa shape index (κ3) is 2.65. The maximum Gasteiger partial charge on any atom is 0.224 e. The van der Waals surface area contributed by atoms with Crippen LogP contribution in [0.15, 0.2) is 36.8 Å². The first-order valence-corrected chi connectivity index (χ1v) is 8.82. The number of fused-ring (bicyclic) bond motifs is 1. The van der Waals surface area contributed by atoms with Gasteiger partial charge in [-0.2, -0.15) is 0 Å². The summed E-state index contributed by atoms with van der Waals surface area (Å²) in [6.45, 7) is 1.71. The molecule has 0 radical (unpaired) electrons. The van der Waals surface area contributed by atoms with Crippen molar-refractivity contribution >= 4 is 11.6 Å². The van der Waals surface area contributed by atoms with E-state index in [1.807, 2.05) is 6.20 Å². The Balaban J connectivity index is 1.33. The van der Waals surface area contributed by atoms with Crippen molar-refractivity contribution in [2.45, 2.75) is 18.9 Å². The van der Waals surface area contributed by atoms with Crippen molar-refractivity contribution < 1.29 is 9.18 Å². The van der Waals surface area contributed by atoms with Gasteiger partial charge in [0.05, 0.1) is 17.6 Å². The number of hydrogen-bond donors (Lipinski definition) is 1. The van der Waals surface area contributed by atoms with Crippen molar-refractivity contribution in [1.82, 2.24) is 15.3 Å². The molecule has 3 aliphatic rings. The highest BCUT2D eigenvalue weighted by atomic mass is 19.1. The molecule has 2 aliphatic carbocycles. The lowest BCUT2D eigenvalue weighted by Crippen LogP contribution is -2.33. The van der Waals surface area contributed by atoms with Gasteiger partial charge in [0.15, 0.2) is 0 Å². The average Bonchev–Trinajstić information content (AvgIpc) is 3.53. The van der Waals surface area contributed by atoms with Crippen LogP contribution in [0.3, 0.4) is 0 Å². The lowest BCUT2D eigenvalue weighted by molar-refractivity contribution is -0.123. The maximum absolute atomic E-state index is 13.2. The van der Waals surface area contributed by atoms with E-state index < -0.39 is 0 Å². The highest BCUT2D eigenvalue weighted by Crippen LogP contribution is 2.53. The zero-order valence-electron chi connectivity index (χ0n) is 13.7. The molecule has 128 valence electrons. The molecule has 5 rings (SSSR count). The first-order chi connectivity index (χ1) is 12.2. The molecule has 2 heterocycles. The van der Waals surface area contributed by atoms with E-state index in [0.717, 1.165) is 42.9 Å². The molecule has 0 spiro atoms. The molecule has 0 unspecified atom stereocenters. The summed E-state index contributed by atoms with van der Waals surface area (Å²) in [7, 11) is 0. The van der Waals surface area contributed by atoms with Crippen LogP contribution in [-0.4, -0.2) is 35.0 Å². The van der Waals surface area contributed by atoms with Crippen LogP contribution in [0.25, 0.3) is 11.3 Å². The van der Waals surface area contributed by atoms with Crippen LogP contribution in [0.2, 0.25) is 0 Å². The Morgan fingerprint density at radius 3 is 2.56 bits per heavy atom. The summed E-state index contributed by atoms with van der Waals surface area (Å²) < 4.78 is 13.2. The molecule has 6 heteroatoms. The Morgan fingerprint density at radius 2 is 1.88 bits per heavy atom. The average molecular weight is 338 g/mol. The second-order valence-electron chi connectivity index (χ2n) is 7.30. The maximum atomic E-state index is 13.2. The van der Waals surface area contributed by atoms with E-state index in [1.165, 1.54) is 18.5 Å². The Labute approximate surface area is 145 Å². The van der Waals surface area contributed by atoms with Gasteiger partial charge >= 0.3 is 0 Å². The van der Waals surface area contributed by atoms with Gasteiger partial charge in [-0.15, -0.1) is 0 Å². The van der Waals surface area contributed by atoms with E-state index in [0.29, 0.717) is 17.9 Å². The Bertz CT molecular complexity index is 808. The van der Waals surface area contributed by atoms with E-state index >= 15 is 0 Å². The molecule has 2 saturated carbocycles. The van der Waals surface area contributed by atoms with Gasteiger partial charge in [0.2, 0.25) is 5.91 Å². The summed E-state index contributed by atoms with van der Waals surface area (Å²) >= 11 is 0. The van der Waals surface area contributed by atoms with Crippen LogP contribution in [0.4, 0.5) is 10.1 Å². The molecule has 1 aliphatic heterocycles. The smallest absolute Gasteiger partial charge is 0.224 e. The zero-order valence-corrected chi connectivity index (χ0v) is 13.7. The lowest BCUT2D eigenvalue weighted by Gasteiger charge is -2.23. The number of carbonyl (C=O) groups is 1. The van der Waals surface area contributed by atoms with Gasteiger partial charge in [-0.05, 0) is 48.9 Å². The number of halogens is 1. The molecule has 1 N–H and O–H groups in total. The molecule has 1 aromatic heterocycles. The number of rotatable bonds is 4. The molecule has 1 amide bonds. The zero-order chi connectivity index (χ0) is 17.0. The van der Waals surface area contributed by atoms with Crippen molar-refractivity contribution in [3.8, 4) is 11.3 Å². The van der Waals surface area contributed by atoms with E-state index in [4.69, 9.17) is 0 Å². The molecule has 2 aromatic rings. The van der Waals surface area contributed by atoms with E-state index in [1.54, 1.807) is 12.1 Å². The number of piperidine rings is 1. The minimum Gasteiger partial charge on any atom is -0.368 e. The van der Waals surface area contributed by atoms with Gasteiger partial charge in [0, 0.05) is 30.6 Å². The first-order valence-electron chi connectivity index (χ1n) is 8.82. The largest absolute Gasteiger partial charge is 0.368 e. The van der Waals surface area contributed by atoms with Crippen molar-refractivity contribution in [1.29, 1.82) is 0 Å². The van der Waals surface area contributed by atoms with Crippen molar-refractivity contribution in [2.24, 2.45) is 17.8 Å². The van der Waals surface area contributed by atoms with Crippen molar-refractivity contribution in [3.63, 3.8) is 0 Å². The highest BCUT2D eigenvalue weighted by molar-refractivity contribution is 5.84. The number of nitrogens with one attached hydrogen (secondary N) is 1. The number of nitrogens with zero attached hydrogens (tertiary/aromatic N) is 3. The molecule has 1 aromatic carbocycles. The van der Waals surface area contributed by atoms with Gasteiger partial charge in [-0.1, -0.05) is 0 Å². The number of hydrogen-bond acceptors (Lipinski definition) is 4. The SMILES string of the molecule is O=C(NC1CC1)[C@H]1[C@@H]2CN(c3cncnc3-c3ccc(F)cc3)C[C@@H]21. The Hall–Kier alpha value is -2.50.